The van der Waals surface area contributed by atoms with Crippen LogP contribution >= 0.6 is 0 Å². The Labute approximate surface area is 302 Å². The first kappa shape index (κ1) is 38.7. The van der Waals surface area contributed by atoms with Crippen molar-refractivity contribution in [3.63, 3.8) is 0 Å². The number of rotatable bonds is 10. The van der Waals surface area contributed by atoms with Crippen molar-refractivity contribution in [2.24, 2.45) is 5.73 Å². The summed E-state index contributed by atoms with van der Waals surface area (Å²) in [4.78, 5) is 31.1. The lowest BCUT2D eigenvalue weighted by Crippen LogP contribution is -2.50. The molecular weight excluding hydrogens is 709 g/mol. The lowest BCUT2D eigenvalue weighted by Gasteiger charge is -2.44. The number of likely N-dealkylation sites (tertiary alicyclic amines) is 1. The molecule has 2 atom stereocenters. The lowest BCUT2D eigenvalue weighted by atomic mass is 9.72. The van der Waals surface area contributed by atoms with Gasteiger partial charge in [0, 0.05) is 37.7 Å². The molecule has 8 nitrogen and oxygen atoms in total. The van der Waals surface area contributed by atoms with Crippen LogP contribution in [0.15, 0.2) is 66.7 Å². The first-order valence-corrected chi connectivity index (χ1v) is 17.4. The zero-order chi connectivity index (χ0) is 38.2. The molecule has 2 saturated heterocycles. The summed E-state index contributed by atoms with van der Waals surface area (Å²) in [6, 6.07) is 14.4. The van der Waals surface area contributed by atoms with Crippen molar-refractivity contribution in [3.05, 3.63) is 106 Å². The summed E-state index contributed by atoms with van der Waals surface area (Å²) in [6.45, 7) is 1.90. The molecule has 0 saturated carbocycles. The van der Waals surface area contributed by atoms with Gasteiger partial charge in [0.05, 0.1) is 23.8 Å². The fourth-order valence-corrected chi connectivity index (χ4v) is 7.89. The smallest absolute Gasteiger partial charge is 0.367 e. The van der Waals surface area contributed by atoms with Gasteiger partial charge >= 0.3 is 12.4 Å². The van der Waals surface area contributed by atoms with Crippen LogP contribution in [0.3, 0.4) is 0 Å². The number of carbonyl (C=O) groups is 2. The van der Waals surface area contributed by atoms with Gasteiger partial charge in [0.15, 0.2) is 0 Å². The topological polar surface area (TPSA) is 88.3 Å². The number of piperidine rings is 1. The highest BCUT2D eigenvalue weighted by Gasteiger charge is 2.50. The van der Waals surface area contributed by atoms with E-state index in [1.54, 1.807) is 11.9 Å². The molecule has 3 aromatic carbocycles. The van der Waals surface area contributed by atoms with E-state index in [1.807, 2.05) is 12.1 Å². The third kappa shape index (κ3) is 8.08. The second-order valence-electron chi connectivity index (χ2n) is 14.1. The Morgan fingerprint density at radius 1 is 0.962 bits per heavy atom. The summed E-state index contributed by atoms with van der Waals surface area (Å²) in [5.74, 6) is -1.71. The van der Waals surface area contributed by atoms with E-state index >= 15 is 0 Å². The SMILES string of the molecule is CN(CCN)C(=O)CO[C@H]1Cc2ccccc2C12CCN(CC[C@]1(c3ccc(F)cc3)CN(C(=O)c3cc(C(F)(F)F)cc(C(F)(F)F)c3)CO1)CC2. The number of hydrogen-bond acceptors (Lipinski definition) is 6. The van der Waals surface area contributed by atoms with Crippen LogP contribution < -0.4 is 5.73 Å². The zero-order valence-corrected chi connectivity index (χ0v) is 29.1. The zero-order valence-electron chi connectivity index (χ0n) is 29.1. The fraction of sp³-hybridized carbons (Fsp3) is 0.474. The van der Waals surface area contributed by atoms with E-state index in [9.17, 15) is 40.3 Å². The van der Waals surface area contributed by atoms with Crippen LogP contribution in [0.4, 0.5) is 30.7 Å². The van der Waals surface area contributed by atoms with E-state index < -0.39 is 53.1 Å². The van der Waals surface area contributed by atoms with Gasteiger partial charge in [-0.15, -0.1) is 0 Å². The quantitative estimate of drug-likeness (QED) is 0.257. The van der Waals surface area contributed by atoms with Crippen LogP contribution in [0, 0.1) is 5.82 Å². The molecule has 0 unspecified atom stereocenters. The van der Waals surface area contributed by atoms with Gasteiger partial charge in [-0.3, -0.25) is 9.59 Å². The molecule has 3 aromatic rings. The maximum absolute atomic E-state index is 14.0. The van der Waals surface area contributed by atoms with Crippen molar-refractivity contribution in [3.8, 4) is 0 Å². The summed E-state index contributed by atoms with van der Waals surface area (Å²) in [6.07, 6.45) is -8.02. The third-order valence-electron chi connectivity index (χ3n) is 10.9. The lowest BCUT2D eigenvalue weighted by molar-refractivity contribution is -0.143. The summed E-state index contributed by atoms with van der Waals surface area (Å²) >= 11 is 0. The number of fused-ring (bicyclic) bond motifs is 2. The van der Waals surface area contributed by atoms with Crippen molar-refractivity contribution in [2.75, 3.05) is 59.7 Å². The molecule has 15 heteroatoms. The van der Waals surface area contributed by atoms with Crippen molar-refractivity contribution >= 4 is 11.8 Å². The summed E-state index contributed by atoms with van der Waals surface area (Å²) < 4.78 is 108. The van der Waals surface area contributed by atoms with Gasteiger partial charge in [-0.25, -0.2) is 4.39 Å². The summed E-state index contributed by atoms with van der Waals surface area (Å²) in [5, 5.41) is 0. The third-order valence-corrected chi connectivity index (χ3v) is 10.9. The van der Waals surface area contributed by atoms with Crippen LogP contribution in [0.5, 0.6) is 0 Å². The number of alkyl halides is 6. The van der Waals surface area contributed by atoms with Crippen LogP contribution in [0.1, 0.15) is 57.4 Å². The highest BCUT2D eigenvalue weighted by molar-refractivity contribution is 5.95. The minimum Gasteiger partial charge on any atom is -0.367 e. The fourth-order valence-electron chi connectivity index (χ4n) is 7.89. The molecule has 0 bridgehead atoms. The van der Waals surface area contributed by atoms with Crippen LogP contribution in [0.2, 0.25) is 0 Å². The molecule has 2 fully saturated rings. The molecule has 286 valence electrons. The maximum atomic E-state index is 14.0. The average molecular weight is 751 g/mol. The molecule has 2 aliphatic heterocycles. The molecule has 2 N–H and O–H groups in total. The molecule has 1 spiro atoms. The van der Waals surface area contributed by atoms with E-state index in [0.717, 1.165) is 17.7 Å². The number of benzene rings is 3. The van der Waals surface area contributed by atoms with E-state index in [-0.39, 0.29) is 36.6 Å². The van der Waals surface area contributed by atoms with Gasteiger partial charge in [0.1, 0.15) is 24.8 Å². The predicted molar refractivity (Wildman–Crippen MR) is 180 cm³/mol. The first-order valence-electron chi connectivity index (χ1n) is 17.4. The molecule has 53 heavy (non-hydrogen) atoms. The van der Waals surface area contributed by atoms with E-state index in [4.69, 9.17) is 15.2 Å². The highest BCUT2D eigenvalue weighted by Crippen LogP contribution is 2.48. The van der Waals surface area contributed by atoms with Crippen LogP contribution in [-0.2, 0) is 44.1 Å². The summed E-state index contributed by atoms with van der Waals surface area (Å²) in [5.41, 5.74) is 3.02. The van der Waals surface area contributed by atoms with Crippen molar-refractivity contribution in [1.29, 1.82) is 0 Å². The Bertz CT molecular complexity index is 1760. The minimum absolute atomic E-state index is 0.0249. The van der Waals surface area contributed by atoms with Gasteiger partial charge < -0.3 is 29.9 Å². The van der Waals surface area contributed by atoms with Gasteiger partial charge in [-0.05, 0) is 85.8 Å². The molecule has 6 rings (SSSR count). The molecule has 1 aliphatic carbocycles. The predicted octanol–water partition coefficient (Wildman–Crippen LogP) is 5.97. The number of likely N-dealkylation sites (N-methyl/N-ethyl adjacent to an activating group) is 1. The van der Waals surface area contributed by atoms with Gasteiger partial charge in [-0.2, -0.15) is 26.3 Å². The molecular formula is C38H41F7N4O4. The Morgan fingerprint density at radius 3 is 2.23 bits per heavy atom. The molecule has 3 aliphatic rings. The van der Waals surface area contributed by atoms with E-state index in [1.165, 1.54) is 35.4 Å². The highest BCUT2D eigenvalue weighted by atomic mass is 19.4. The number of amides is 2. The molecule has 2 heterocycles. The Balaban J connectivity index is 1.18. The Hall–Kier alpha value is -4.05. The normalized spacial score (nSPS) is 21.6. The van der Waals surface area contributed by atoms with E-state index in [2.05, 4.69) is 17.0 Å². The number of carbonyl (C=O) groups excluding carboxylic acids is 2. The average Bonchev–Trinajstić information content (AvgIpc) is 3.69. The van der Waals surface area contributed by atoms with E-state index in [0.29, 0.717) is 63.3 Å². The molecule has 2 amide bonds. The van der Waals surface area contributed by atoms with Crippen molar-refractivity contribution in [2.45, 2.75) is 55.2 Å². The van der Waals surface area contributed by atoms with Gasteiger partial charge in [-0.1, -0.05) is 36.4 Å². The molecule has 0 aromatic heterocycles. The van der Waals surface area contributed by atoms with Gasteiger partial charge in [0.2, 0.25) is 5.91 Å². The van der Waals surface area contributed by atoms with Crippen molar-refractivity contribution < 1.29 is 49.8 Å². The number of nitrogens with zero attached hydrogens (tertiary/aromatic N) is 3. The van der Waals surface area contributed by atoms with Crippen LogP contribution in [0.25, 0.3) is 0 Å². The van der Waals surface area contributed by atoms with Crippen LogP contribution in [-0.4, -0.2) is 92.3 Å². The second-order valence-corrected chi connectivity index (χ2v) is 14.1. The Morgan fingerprint density at radius 2 is 1.60 bits per heavy atom. The minimum atomic E-state index is -5.12. The maximum Gasteiger partial charge on any atom is 0.416 e. The standard InChI is InChI=1S/C38H41F7N4O4/c1-47(17-13-46)33(50)22-52-32-20-25-4-2-3-5-31(25)35(32)10-14-48(15-11-35)16-12-36(27-6-8-30(39)9-7-27)23-49(24-53-36)34(51)26-18-28(37(40,41)42)21-29(19-26)38(43,44)45/h2-9,18-19,21,32H,10-17,20,22-24,46H2,1H3/t32-,36+/m0/s1. The number of nitrogens with two attached hydrogens (primary N) is 1. The largest absolute Gasteiger partial charge is 0.416 e. The number of ether oxygens (including phenoxy) is 2. The number of halogens is 7. The number of hydrogen-bond donors (Lipinski definition) is 1. The summed E-state index contributed by atoms with van der Waals surface area (Å²) in [7, 11) is 1.69. The first-order chi connectivity index (χ1) is 25.0. The Kier molecular flexibility index (Phi) is 10.9. The van der Waals surface area contributed by atoms with Crippen molar-refractivity contribution in [1.82, 2.24) is 14.7 Å². The molecule has 0 radical (unpaired) electrons. The second kappa shape index (κ2) is 15.0. The van der Waals surface area contributed by atoms with Gasteiger partial charge in [0.25, 0.3) is 5.91 Å². The monoisotopic (exact) mass is 750 g/mol.